The summed E-state index contributed by atoms with van der Waals surface area (Å²) < 4.78 is 32.2. The van der Waals surface area contributed by atoms with Gasteiger partial charge in [0.1, 0.15) is 0 Å². The molecule has 6 nitrogen and oxygen atoms in total. The Morgan fingerprint density at radius 2 is 1.84 bits per heavy atom. The average Bonchev–Trinajstić information content (AvgIpc) is 3.12. The normalized spacial score (nSPS) is 17.6. The third-order valence-corrected chi connectivity index (χ3v) is 5.91. The Hall–Kier alpha value is -1.99. The van der Waals surface area contributed by atoms with Crippen molar-refractivity contribution in [2.75, 3.05) is 13.1 Å². The second-order valence-electron chi connectivity index (χ2n) is 6.56. The van der Waals surface area contributed by atoms with Gasteiger partial charge in [-0.3, -0.25) is 0 Å². The van der Waals surface area contributed by atoms with Gasteiger partial charge in [-0.1, -0.05) is 44.2 Å². The molecule has 0 aliphatic carbocycles. The van der Waals surface area contributed by atoms with Crippen LogP contribution in [-0.2, 0) is 10.0 Å². The van der Waals surface area contributed by atoms with Gasteiger partial charge < -0.3 is 4.42 Å². The lowest BCUT2D eigenvalue weighted by Gasteiger charge is -2.28. The molecule has 1 saturated heterocycles. The van der Waals surface area contributed by atoms with Gasteiger partial charge in [0, 0.05) is 30.3 Å². The summed E-state index contributed by atoms with van der Waals surface area (Å²) in [5.74, 6) is 1.59. The molecular formula is C18H23N3O3S. The Kier molecular flexibility index (Phi) is 5.34. The van der Waals surface area contributed by atoms with Gasteiger partial charge in [-0.2, -0.15) is 4.31 Å². The fourth-order valence-corrected chi connectivity index (χ4v) is 4.04. The van der Waals surface area contributed by atoms with Crippen LogP contribution in [0.15, 0.2) is 40.2 Å². The molecule has 2 heterocycles. The van der Waals surface area contributed by atoms with Gasteiger partial charge in [0.05, 0.1) is 0 Å². The number of sulfonamides is 1. The van der Waals surface area contributed by atoms with Gasteiger partial charge >= 0.3 is 0 Å². The molecule has 1 aliphatic heterocycles. The minimum absolute atomic E-state index is 0.129. The van der Waals surface area contributed by atoms with Crippen LogP contribution in [0.3, 0.4) is 0 Å². The molecule has 7 heteroatoms. The monoisotopic (exact) mass is 361 g/mol. The van der Waals surface area contributed by atoms with Crippen molar-refractivity contribution in [3.8, 4) is 0 Å². The highest BCUT2D eigenvalue weighted by molar-refractivity contribution is 7.92. The zero-order valence-corrected chi connectivity index (χ0v) is 15.3. The van der Waals surface area contributed by atoms with Crippen LogP contribution in [0.5, 0.6) is 0 Å². The second-order valence-corrected chi connectivity index (χ2v) is 8.38. The molecule has 0 atom stereocenters. The van der Waals surface area contributed by atoms with Gasteiger partial charge in [-0.25, -0.2) is 8.42 Å². The molecule has 2 aromatic rings. The van der Waals surface area contributed by atoms with E-state index < -0.39 is 10.0 Å². The molecule has 0 spiro atoms. The molecule has 0 unspecified atom stereocenters. The van der Waals surface area contributed by atoms with E-state index in [2.05, 4.69) is 10.2 Å². The maximum absolute atomic E-state index is 12.5. The first-order chi connectivity index (χ1) is 12.0. The maximum atomic E-state index is 12.5. The Balaban J connectivity index is 1.62. The quantitative estimate of drug-likeness (QED) is 0.816. The minimum Gasteiger partial charge on any atom is -0.425 e. The third-order valence-electron chi connectivity index (χ3n) is 4.35. The topological polar surface area (TPSA) is 76.3 Å². The lowest BCUT2D eigenvalue weighted by molar-refractivity contribution is 0.287. The van der Waals surface area contributed by atoms with E-state index in [1.54, 1.807) is 6.08 Å². The average molecular weight is 361 g/mol. The molecule has 1 aliphatic rings. The summed E-state index contributed by atoms with van der Waals surface area (Å²) >= 11 is 0. The lowest BCUT2D eigenvalue weighted by atomic mass is 9.98. The summed E-state index contributed by atoms with van der Waals surface area (Å²) in [6.45, 7) is 4.94. The second kappa shape index (κ2) is 7.49. The molecule has 0 saturated carbocycles. The number of hydrogen-bond donors (Lipinski definition) is 0. The minimum atomic E-state index is -3.41. The molecule has 25 heavy (non-hydrogen) atoms. The van der Waals surface area contributed by atoms with Crippen molar-refractivity contribution in [1.82, 2.24) is 14.5 Å². The van der Waals surface area contributed by atoms with Crippen LogP contribution >= 0.6 is 0 Å². The SMILES string of the molecule is CC(C)c1nnc(C2CCN(S(=O)(=O)/C=C/c3ccccc3)CC2)o1. The van der Waals surface area contributed by atoms with Crippen molar-refractivity contribution in [3.05, 3.63) is 53.1 Å². The van der Waals surface area contributed by atoms with Gasteiger partial charge in [0.2, 0.25) is 21.8 Å². The fraction of sp³-hybridized carbons (Fsp3) is 0.444. The predicted molar refractivity (Wildman–Crippen MR) is 96.3 cm³/mol. The Morgan fingerprint density at radius 1 is 1.16 bits per heavy atom. The number of aromatic nitrogens is 2. The molecule has 134 valence electrons. The van der Waals surface area contributed by atoms with Crippen molar-refractivity contribution < 1.29 is 12.8 Å². The van der Waals surface area contributed by atoms with Crippen molar-refractivity contribution in [2.24, 2.45) is 0 Å². The highest BCUT2D eigenvalue weighted by Crippen LogP contribution is 2.29. The lowest BCUT2D eigenvalue weighted by Crippen LogP contribution is -2.36. The standard InChI is InChI=1S/C18H23N3O3S/c1-14(2)17-19-20-18(24-17)16-8-11-21(12-9-16)25(22,23)13-10-15-6-4-3-5-7-15/h3-7,10,13-14,16H,8-9,11-12H2,1-2H3/b13-10+. The Bertz CT molecular complexity index is 820. The molecule has 1 aromatic carbocycles. The predicted octanol–water partition coefficient (Wildman–Crippen LogP) is 3.37. The highest BCUT2D eigenvalue weighted by atomic mass is 32.2. The summed E-state index contributed by atoms with van der Waals surface area (Å²) in [6.07, 6.45) is 3.02. The van der Waals surface area contributed by atoms with E-state index in [-0.39, 0.29) is 11.8 Å². The smallest absolute Gasteiger partial charge is 0.236 e. The summed E-state index contributed by atoms with van der Waals surface area (Å²) in [5.41, 5.74) is 0.869. The van der Waals surface area contributed by atoms with Crippen molar-refractivity contribution in [3.63, 3.8) is 0 Å². The van der Waals surface area contributed by atoms with Crippen LogP contribution in [0.25, 0.3) is 6.08 Å². The number of benzene rings is 1. The number of rotatable bonds is 5. The fourth-order valence-electron chi connectivity index (χ4n) is 2.82. The van der Waals surface area contributed by atoms with Crippen molar-refractivity contribution in [2.45, 2.75) is 38.5 Å². The summed E-state index contributed by atoms with van der Waals surface area (Å²) in [6, 6.07) is 9.42. The van der Waals surface area contributed by atoms with Crippen LogP contribution in [0.2, 0.25) is 0 Å². The number of hydrogen-bond acceptors (Lipinski definition) is 5. The molecule has 0 amide bonds. The zero-order valence-electron chi connectivity index (χ0n) is 14.5. The maximum Gasteiger partial charge on any atom is 0.236 e. The van der Waals surface area contributed by atoms with Gasteiger partial charge in [-0.15, -0.1) is 10.2 Å². The molecule has 1 aromatic heterocycles. The summed E-state index contributed by atoms with van der Waals surface area (Å²) in [5, 5.41) is 9.47. The molecule has 1 fully saturated rings. The zero-order chi connectivity index (χ0) is 17.9. The van der Waals surface area contributed by atoms with Crippen molar-refractivity contribution in [1.29, 1.82) is 0 Å². The van der Waals surface area contributed by atoms with Crippen LogP contribution in [0.4, 0.5) is 0 Å². The van der Waals surface area contributed by atoms with Gasteiger partial charge in [-0.05, 0) is 24.5 Å². The van der Waals surface area contributed by atoms with Gasteiger partial charge in [0.25, 0.3) is 0 Å². The van der Waals surface area contributed by atoms with Crippen LogP contribution in [0.1, 0.15) is 55.9 Å². The van der Waals surface area contributed by atoms with E-state index in [9.17, 15) is 8.42 Å². The summed E-state index contributed by atoms with van der Waals surface area (Å²) in [4.78, 5) is 0. The van der Waals surface area contributed by atoms with Crippen molar-refractivity contribution >= 4 is 16.1 Å². The van der Waals surface area contributed by atoms with E-state index in [4.69, 9.17) is 4.42 Å². The summed E-state index contributed by atoms with van der Waals surface area (Å²) in [7, 11) is -3.41. The van der Waals surface area contributed by atoms with Crippen LogP contribution in [0, 0.1) is 0 Å². The number of nitrogens with zero attached hydrogens (tertiary/aromatic N) is 3. The van der Waals surface area contributed by atoms with E-state index in [0.29, 0.717) is 37.7 Å². The molecule has 3 rings (SSSR count). The van der Waals surface area contributed by atoms with E-state index in [1.165, 1.54) is 9.71 Å². The van der Waals surface area contributed by atoms with E-state index in [0.717, 1.165) is 5.56 Å². The Morgan fingerprint density at radius 3 is 2.44 bits per heavy atom. The first-order valence-corrected chi connectivity index (χ1v) is 10.0. The largest absolute Gasteiger partial charge is 0.425 e. The molecule has 0 N–H and O–H groups in total. The molecular weight excluding hydrogens is 338 g/mol. The molecule has 0 radical (unpaired) electrons. The van der Waals surface area contributed by atoms with Crippen LogP contribution < -0.4 is 0 Å². The van der Waals surface area contributed by atoms with E-state index in [1.807, 2.05) is 44.2 Å². The highest BCUT2D eigenvalue weighted by Gasteiger charge is 2.30. The first-order valence-electron chi connectivity index (χ1n) is 8.52. The Labute approximate surface area is 148 Å². The van der Waals surface area contributed by atoms with Gasteiger partial charge in [0.15, 0.2) is 0 Å². The molecule has 0 bridgehead atoms. The van der Waals surface area contributed by atoms with Crippen LogP contribution in [-0.4, -0.2) is 36.0 Å². The first kappa shape index (κ1) is 17.8. The van der Waals surface area contributed by atoms with E-state index >= 15 is 0 Å². The third kappa shape index (κ3) is 4.35. The number of piperidine rings is 1.